The lowest BCUT2D eigenvalue weighted by Crippen LogP contribution is -2.11. The Labute approximate surface area is 97.6 Å². The monoisotopic (exact) mass is 210 g/mol. The minimum Gasteiger partial charge on any atom is -0.0984 e. The average molecular weight is 210 g/mol. The summed E-state index contributed by atoms with van der Waals surface area (Å²) < 4.78 is 0. The summed E-state index contributed by atoms with van der Waals surface area (Å²) in [6, 6.07) is 12.9. The molecule has 2 rings (SSSR count). The van der Waals surface area contributed by atoms with Gasteiger partial charge in [-0.25, -0.2) is 0 Å². The van der Waals surface area contributed by atoms with E-state index in [0.717, 1.165) is 0 Å². The van der Waals surface area contributed by atoms with Crippen LogP contribution in [0.25, 0.3) is 16.8 Å². The molecule has 16 heavy (non-hydrogen) atoms. The largest absolute Gasteiger partial charge is 0.0984 e. The van der Waals surface area contributed by atoms with Crippen LogP contribution < -0.4 is 0 Å². The molecule has 0 heteroatoms. The summed E-state index contributed by atoms with van der Waals surface area (Å²) in [5, 5.41) is 2.64. The van der Waals surface area contributed by atoms with Crippen LogP contribution in [0.2, 0.25) is 0 Å². The molecule has 0 aliphatic carbocycles. The first-order valence-corrected chi connectivity index (χ1v) is 5.68. The summed E-state index contributed by atoms with van der Waals surface area (Å²) >= 11 is 0. The molecule has 82 valence electrons. The molecule has 0 bridgehead atoms. The van der Waals surface area contributed by atoms with Crippen molar-refractivity contribution in [1.82, 2.24) is 0 Å². The van der Waals surface area contributed by atoms with Gasteiger partial charge in [-0.3, -0.25) is 0 Å². The Balaban J connectivity index is 2.84. The summed E-state index contributed by atoms with van der Waals surface area (Å²) in [6.07, 6.45) is 1.93. The first-order chi connectivity index (χ1) is 7.54. The molecule has 0 aliphatic rings. The molecule has 0 fully saturated rings. The van der Waals surface area contributed by atoms with Gasteiger partial charge in [0.2, 0.25) is 0 Å². The van der Waals surface area contributed by atoms with Crippen molar-refractivity contribution in [2.75, 3.05) is 0 Å². The van der Waals surface area contributed by atoms with Crippen LogP contribution in [-0.4, -0.2) is 0 Å². The van der Waals surface area contributed by atoms with E-state index in [4.69, 9.17) is 0 Å². The van der Waals surface area contributed by atoms with E-state index in [2.05, 4.69) is 63.7 Å². The Kier molecular flexibility index (Phi) is 2.59. The summed E-state index contributed by atoms with van der Waals surface area (Å²) in [7, 11) is 0. The highest BCUT2D eigenvalue weighted by Crippen LogP contribution is 2.31. The van der Waals surface area contributed by atoms with Gasteiger partial charge in [0, 0.05) is 0 Å². The third-order valence-electron chi connectivity index (χ3n) is 2.98. The molecule has 0 aliphatic heterocycles. The normalized spacial score (nSPS) is 11.7. The van der Waals surface area contributed by atoms with Gasteiger partial charge in [-0.2, -0.15) is 0 Å². The van der Waals surface area contributed by atoms with Crippen molar-refractivity contribution in [3.63, 3.8) is 0 Å². The van der Waals surface area contributed by atoms with E-state index in [0.29, 0.717) is 0 Å². The Hall–Kier alpha value is -1.56. The van der Waals surface area contributed by atoms with E-state index < -0.39 is 0 Å². The van der Waals surface area contributed by atoms with E-state index in [-0.39, 0.29) is 5.41 Å². The Bertz CT molecular complexity index is 527. The predicted octanol–water partition coefficient (Wildman–Crippen LogP) is 4.78. The van der Waals surface area contributed by atoms with Crippen LogP contribution in [0.3, 0.4) is 0 Å². The summed E-state index contributed by atoms with van der Waals surface area (Å²) in [6.45, 7) is 10.6. The van der Waals surface area contributed by atoms with Crippen molar-refractivity contribution in [2.24, 2.45) is 0 Å². The van der Waals surface area contributed by atoms with Gasteiger partial charge in [-0.15, -0.1) is 0 Å². The van der Waals surface area contributed by atoms with Crippen molar-refractivity contribution in [3.8, 4) is 0 Å². The summed E-state index contributed by atoms with van der Waals surface area (Å²) in [5.41, 5.74) is 2.79. The molecule has 0 radical (unpaired) electrons. The minimum absolute atomic E-state index is 0.180. The molecule has 0 amide bonds. The predicted molar refractivity (Wildman–Crippen MR) is 72.7 cm³/mol. The van der Waals surface area contributed by atoms with Gasteiger partial charge in [-0.1, -0.05) is 69.8 Å². The summed E-state index contributed by atoms with van der Waals surface area (Å²) in [5.74, 6) is 0. The van der Waals surface area contributed by atoms with Crippen molar-refractivity contribution in [1.29, 1.82) is 0 Å². The summed E-state index contributed by atoms with van der Waals surface area (Å²) in [4.78, 5) is 0. The van der Waals surface area contributed by atoms with Gasteiger partial charge in [-0.05, 0) is 27.3 Å². The van der Waals surface area contributed by atoms with Gasteiger partial charge in [0.15, 0.2) is 0 Å². The van der Waals surface area contributed by atoms with Crippen LogP contribution in [0.15, 0.2) is 43.0 Å². The van der Waals surface area contributed by atoms with E-state index in [9.17, 15) is 0 Å². The molecule has 2 aromatic carbocycles. The van der Waals surface area contributed by atoms with Crippen LogP contribution in [0.1, 0.15) is 31.9 Å². The smallest absolute Gasteiger partial charge is 0.0109 e. The highest BCUT2D eigenvalue weighted by molar-refractivity contribution is 5.93. The molecule has 0 atom stereocenters. The lowest BCUT2D eigenvalue weighted by Gasteiger charge is -2.21. The fraction of sp³-hybridized carbons (Fsp3) is 0.250. The maximum absolute atomic E-state index is 3.87. The number of hydrogen-bond acceptors (Lipinski definition) is 0. The fourth-order valence-electron chi connectivity index (χ4n) is 2.17. The number of rotatable bonds is 1. The van der Waals surface area contributed by atoms with E-state index >= 15 is 0 Å². The zero-order valence-electron chi connectivity index (χ0n) is 10.2. The third-order valence-corrected chi connectivity index (χ3v) is 2.98. The molecule has 0 nitrogen and oxygen atoms in total. The number of hydrogen-bond donors (Lipinski definition) is 0. The fourth-order valence-corrected chi connectivity index (χ4v) is 2.17. The highest BCUT2D eigenvalue weighted by atomic mass is 14.2. The Morgan fingerprint density at radius 2 is 1.56 bits per heavy atom. The van der Waals surface area contributed by atoms with Crippen molar-refractivity contribution in [3.05, 3.63) is 54.1 Å². The highest BCUT2D eigenvalue weighted by Gasteiger charge is 2.16. The van der Waals surface area contributed by atoms with Gasteiger partial charge in [0.05, 0.1) is 0 Å². The van der Waals surface area contributed by atoms with Crippen LogP contribution in [0, 0.1) is 0 Å². The molecule has 0 heterocycles. The topological polar surface area (TPSA) is 0 Å². The van der Waals surface area contributed by atoms with E-state index in [1.54, 1.807) is 0 Å². The quantitative estimate of drug-likeness (QED) is 0.635. The average Bonchev–Trinajstić information content (AvgIpc) is 2.26. The maximum atomic E-state index is 3.87. The SMILES string of the molecule is C=Cc1cccc2c(C(C)(C)C)cccc12. The van der Waals surface area contributed by atoms with Gasteiger partial charge < -0.3 is 0 Å². The van der Waals surface area contributed by atoms with Crippen molar-refractivity contribution >= 4 is 16.8 Å². The van der Waals surface area contributed by atoms with Gasteiger partial charge in [0.25, 0.3) is 0 Å². The Morgan fingerprint density at radius 1 is 0.938 bits per heavy atom. The standard InChI is InChI=1S/C16H18/c1-5-12-8-6-10-14-13(12)9-7-11-15(14)16(2,3)4/h5-11H,1H2,2-4H3. The second-order valence-corrected chi connectivity index (χ2v) is 5.20. The van der Waals surface area contributed by atoms with Crippen molar-refractivity contribution < 1.29 is 0 Å². The molecule has 0 unspecified atom stereocenters. The van der Waals surface area contributed by atoms with Crippen LogP contribution in [-0.2, 0) is 5.41 Å². The lowest BCUT2D eigenvalue weighted by molar-refractivity contribution is 0.596. The molecule has 0 aromatic heterocycles. The van der Waals surface area contributed by atoms with E-state index in [1.807, 2.05) is 6.08 Å². The molecular formula is C16H18. The van der Waals surface area contributed by atoms with Gasteiger partial charge in [0.1, 0.15) is 0 Å². The first-order valence-electron chi connectivity index (χ1n) is 5.68. The Morgan fingerprint density at radius 3 is 2.19 bits per heavy atom. The number of benzene rings is 2. The molecule has 2 aromatic rings. The zero-order chi connectivity index (χ0) is 11.8. The third kappa shape index (κ3) is 1.76. The molecule has 0 spiro atoms. The number of fused-ring (bicyclic) bond motifs is 1. The van der Waals surface area contributed by atoms with Crippen LogP contribution >= 0.6 is 0 Å². The van der Waals surface area contributed by atoms with E-state index in [1.165, 1.54) is 21.9 Å². The maximum Gasteiger partial charge on any atom is -0.0109 e. The second-order valence-electron chi connectivity index (χ2n) is 5.20. The molecule has 0 N–H and O–H groups in total. The minimum atomic E-state index is 0.180. The lowest BCUT2D eigenvalue weighted by atomic mass is 9.83. The van der Waals surface area contributed by atoms with Crippen LogP contribution in [0.5, 0.6) is 0 Å². The van der Waals surface area contributed by atoms with Crippen molar-refractivity contribution in [2.45, 2.75) is 26.2 Å². The second kappa shape index (κ2) is 3.79. The molecule has 0 saturated heterocycles. The first kappa shape index (κ1) is 10.9. The zero-order valence-corrected chi connectivity index (χ0v) is 10.2. The molecular weight excluding hydrogens is 192 g/mol. The van der Waals surface area contributed by atoms with Gasteiger partial charge >= 0.3 is 0 Å². The van der Waals surface area contributed by atoms with Crippen LogP contribution in [0.4, 0.5) is 0 Å². The molecule has 0 saturated carbocycles.